The zero-order valence-electron chi connectivity index (χ0n) is 18.7. The summed E-state index contributed by atoms with van der Waals surface area (Å²) in [5, 5.41) is 0. The molecule has 0 saturated carbocycles. The molecule has 0 aliphatic carbocycles. The van der Waals surface area contributed by atoms with Crippen molar-refractivity contribution < 1.29 is 23.8 Å². The van der Waals surface area contributed by atoms with Gasteiger partial charge in [0.2, 0.25) is 0 Å². The minimum atomic E-state index is 0.208. The van der Waals surface area contributed by atoms with E-state index in [4.69, 9.17) is 4.74 Å². The van der Waals surface area contributed by atoms with E-state index in [2.05, 4.69) is 9.47 Å². The van der Waals surface area contributed by atoms with Crippen molar-refractivity contribution in [3.63, 3.8) is 0 Å². The second kappa shape index (κ2) is 35.6. The van der Waals surface area contributed by atoms with Gasteiger partial charge in [-0.15, -0.1) is 0 Å². The van der Waals surface area contributed by atoms with Crippen molar-refractivity contribution >= 4 is 12.6 Å². The van der Waals surface area contributed by atoms with E-state index in [1.54, 1.807) is 33.5 Å². The van der Waals surface area contributed by atoms with Gasteiger partial charge in [-0.05, 0) is 12.1 Å². The normalized spacial score (nSPS) is 7.29. The first kappa shape index (κ1) is 33.1. The Morgan fingerprint density at radius 3 is 1.29 bits per heavy atom. The molecule has 0 radical (unpaired) electrons. The van der Waals surface area contributed by atoms with Gasteiger partial charge in [-0.1, -0.05) is 76.2 Å². The lowest BCUT2D eigenvalue weighted by Gasteiger charge is -1.93. The van der Waals surface area contributed by atoms with E-state index in [1.807, 2.05) is 76.2 Å². The Labute approximate surface area is 171 Å². The highest BCUT2D eigenvalue weighted by Gasteiger charge is 1.80. The largest absolute Gasteiger partial charge is 0.497 e. The molecule has 5 nitrogen and oxygen atoms in total. The highest BCUT2D eigenvalue weighted by atomic mass is 16.5. The highest BCUT2D eigenvalue weighted by molar-refractivity contribution is 5.74. The fraction of sp³-hybridized carbons (Fsp3) is 0.391. The predicted molar refractivity (Wildman–Crippen MR) is 118 cm³/mol. The van der Waals surface area contributed by atoms with Crippen LogP contribution in [-0.2, 0) is 14.3 Å². The van der Waals surface area contributed by atoms with Crippen LogP contribution < -0.4 is 4.74 Å². The summed E-state index contributed by atoms with van der Waals surface area (Å²) in [6.07, 6.45) is 1.54. The molecule has 2 aromatic rings. The molecule has 0 fully saturated rings. The molecule has 0 amide bonds. The third kappa shape index (κ3) is 31.3. The van der Waals surface area contributed by atoms with E-state index in [0.717, 1.165) is 17.6 Å². The number of ether oxygens (including phenoxy) is 3. The average Bonchev–Trinajstić information content (AvgIpc) is 2.79. The molecule has 0 aliphatic heterocycles. The zero-order chi connectivity index (χ0) is 22.5. The summed E-state index contributed by atoms with van der Waals surface area (Å²) in [5.74, 6) is 0.910. The number of hydrogen-bond acceptors (Lipinski definition) is 5. The Balaban J connectivity index is -0.000000136. The van der Waals surface area contributed by atoms with Crippen molar-refractivity contribution in [2.45, 2.75) is 27.7 Å². The smallest absolute Gasteiger partial charge is 0.150 e. The first-order chi connectivity index (χ1) is 13.7. The minimum absolute atomic E-state index is 0.208. The third-order valence-corrected chi connectivity index (χ3v) is 2.15. The number of aldehydes is 2. The van der Waals surface area contributed by atoms with Crippen LogP contribution >= 0.6 is 0 Å². The fourth-order valence-corrected chi connectivity index (χ4v) is 1.16. The van der Waals surface area contributed by atoms with Gasteiger partial charge in [-0.3, -0.25) is 4.79 Å². The van der Waals surface area contributed by atoms with Gasteiger partial charge in [-0.2, -0.15) is 0 Å². The molecule has 160 valence electrons. The van der Waals surface area contributed by atoms with Crippen LogP contribution in [0.25, 0.3) is 0 Å². The number of benzene rings is 2. The van der Waals surface area contributed by atoms with E-state index in [-0.39, 0.29) is 6.61 Å². The second-order valence-electron chi connectivity index (χ2n) is 4.08. The molecule has 0 spiro atoms. The number of para-hydroxylation sites is 1. The SMILES string of the molecule is CC.CC.COC.COCC=O.COc1ccccc1.O=Cc1ccccc1. The highest BCUT2D eigenvalue weighted by Crippen LogP contribution is 2.05. The topological polar surface area (TPSA) is 61.8 Å². The Kier molecular flexibility index (Phi) is 42.1. The number of rotatable bonds is 4. The minimum Gasteiger partial charge on any atom is -0.497 e. The van der Waals surface area contributed by atoms with Gasteiger partial charge in [0.25, 0.3) is 0 Å². The van der Waals surface area contributed by atoms with Crippen molar-refractivity contribution in [2.75, 3.05) is 35.0 Å². The Hall–Kier alpha value is -2.50. The van der Waals surface area contributed by atoms with E-state index >= 15 is 0 Å². The van der Waals surface area contributed by atoms with Crippen LogP contribution in [0.2, 0.25) is 0 Å². The summed E-state index contributed by atoms with van der Waals surface area (Å²) >= 11 is 0. The van der Waals surface area contributed by atoms with Crippen LogP contribution in [0.15, 0.2) is 60.7 Å². The van der Waals surface area contributed by atoms with Gasteiger partial charge in [0, 0.05) is 26.9 Å². The molecule has 0 aliphatic rings. The van der Waals surface area contributed by atoms with Crippen molar-refractivity contribution in [3.05, 3.63) is 66.2 Å². The van der Waals surface area contributed by atoms with Gasteiger partial charge < -0.3 is 19.0 Å². The molecule has 0 saturated heterocycles. The molecule has 28 heavy (non-hydrogen) atoms. The summed E-state index contributed by atoms with van der Waals surface area (Å²) in [7, 11) is 6.39. The lowest BCUT2D eigenvalue weighted by Crippen LogP contribution is -1.84. The molecular formula is C23H38O5. The Bertz CT molecular complexity index is 487. The Morgan fingerprint density at radius 1 is 0.714 bits per heavy atom. The number of methoxy groups -OCH3 is 3. The zero-order valence-corrected chi connectivity index (χ0v) is 18.7. The van der Waals surface area contributed by atoms with Crippen molar-refractivity contribution in [1.29, 1.82) is 0 Å². The number of carbonyl (C=O) groups is 2. The summed E-state index contributed by atoms with van der Waals surface area (Å²) in [6.45, 7) is 8.21. The number of carbonyl (C=O) groups excluding carboxylic acids is 2. The van der Waals surface area contributed by atoms with Crippen LogP contribution in [0.1, 0.15) is 38.1 Å². The first-order valence-electron chi connectivity index (χ1n) is 9.12. The van der Waals surface area contributed by atoms with Gasteiger partial charge in [0.15, 0.2) is 0 Å². The van der Waals surface area contributed by atoms with Crippen molar-refractivity contribution in [3.8, 4) is 5.75 Å². The lowest BCUT2D eigenvalue weighted by molar-refractivity contribution is -0.110. The van der Waals surface area contributed by atoms with E-state index < -0.39 is 0 Å². The standard InChI is InChI=1S/C7H8O.C7H6O.C3H6O2.C2H6O.2C2H6/c1-8-7-5-3-2-4-6-7;8-6-7-4-2-1-3-5-7;1-5-3-2-4;1-3-2;2*1-2/h2-6H,1H3;1-6H;2H,3H2,1H3;1-2H3;2*1-2H3. The molecule has 5 heteroatoms. The molecule has 0 heterocycles. The summed E-state index contributed by atoms with van der Waals surface area (Å²) in [4.78, 5) is 19.3. The molecular weight excluding hydrogens is 356 g/mol. The Morgan fingerprint density at radius 2 is 1.11 bits per heavy atom. The average molecular weight is 395 g/mol. The maximum absolute atomic E-state index is 10.0. The fourth-order valence-electron chi connectivity index (χ4n) is 1.16. The molecule has 0 bridgehead atoms. The van der Waals surface area contributed by atoms with Crippen LogP contribution in [0.4, 0.5) is 0 Å². The van der Waals surface area contributed by atoms with Gasteiger partial charge in [0.1, 0.15) is 24.9 Å². The van der Waals surface area contributed by atoms with Crippen LogP contribution in [0.3, 0.4) is 0 Å². The summed E-state index contributed by atoms with van der Waals surface area (Å²) in [6, 6.07) is 18.8. The van der Waals surface area contributed by atoms with Gasteiger partial charge >= 0.3 is 0 Å². The van der Waals surface area contributed by atoms with Gasteiger partial charge in [-0.25, -0.2) is 0 Å². The first-order valence-corrected chi connectivity index (χ1v) is 9.12. The molecule has 2 aromatic carbocycles. The summed E-state index contributed by atoms with van der Waals surface area (Å²) in [5.41, 5.74) is 0.729. The number of hydrogen-bond donors (Lipinski definition) is 0. The second-order valence-corrected chi connectivity index (χ2v) is 4.08. The molecule has 0 aromatic heterocycles. The van der Waals surface area contributed by atoms with E-state index in [1.165, 1.54) is 7.11 Å². The van der Waals surface area contributed by atoms with E-state index in [9.17, 15) is 9.59 Å². The van der Waals surface area contributed by atoms with E-state index in [0.29, 0.717) is 6.29 Å². The molecule has 0 atom stereocenters. The van der Waals surface area contributed by atoms with Crippen molar-refractivity contribution in [2.24, 2.45) is 0 Å². The molecule has 0 unspecified atom stereocenters. The van der Waals surface area contributed by atoms with Crippen molar-refractivity contribution in [1.82, 2.24) is 0 Å². The molecule has 0 N–H and O–H groups in total. The van der Waals surface area contributed by atoms with Crippen LogP contribution in [0.5, 0.6) is 5.75 Å². The third-order valence-electron chi connectivity index (χ3n) is 2.15. The monoisotopic (exact) mass is 394 g/mol. The molecule has 2 rings (SSSR count). The maximum Gasteiger partial charge on any atom is 0.150 e. The summed E-state index contributed by atoms with van der Waals surface area (Å²) < 4.78 is 13.5. The maximum atomic E-state index is 10.0. The lowest BCUT2D eigenvalue weighted by atomic mass is 10.2. The van der Waals surface area contributed by atoms with Crippen LogP contribution in [0, 0.1) is 0 Å². The predicted octanol–water partition coefficient (Wildman–Crippen LogP) is 5.34. The van der Waals surface area contributed by atoms with Crippen LogP contribution in [-0.4, -0.2) is 47.6 Å². The quantitative estimate of drug-likeness (QED) is 0.655. The van der Waals surface area contributed by atoms with Gasteiger partial charge in [0.05, 0.1) is 7.11 Å².